The van der Waals surface area contributed by atoms with Gasteiger partial charge in [-0.2, -0.15) is 5.10 Å². The van der Waals surface area contributed by atoms with Gasteiger partial charge in [-0.1, -0.05) is 37.3 Å². The monoisotopic (exact) mass is 344 g/mol. The van der Waals surface area contributed by atoms with E-state index < -0.39 is 6.43 Å². The molecule has 1 N–H and O–H groups in total. The van der Waals surface area contributed by atoms with Gasteiger partial charge in [-0.15, -0.1) is 0 Å². The second-order valence-electron chi connectivity index (χ2n) is 5.76. The van der Waals surface area contributed by atoms with Crippen LogP contribution in [0.25, 0.3) is 5.65 Å². The fourth-order valence-corrected chi connectivity index (χ4v) is 2.77. The third-order valence-corrected chi connectivity index (χ3v) is 4.01. The highest BCUT2D eigenvalue weighted by Gasteiger charge is 2.22. The van der Waals surface area contributed by atoms with Crippen molar-refractivity contribution < 1.29 is 13.6 Å². The number of aromatic nitrogens is 3. The number of hydrogen-bond acceptors (Lipinski definition) is 3. The van der Waals surface area contributed by atoms with Crippen LogP contribution in [0, 0.1) is 6.92 Å². The third-order valence-electron chi connectivity index (χ3n) is 4.01. The van der Waals surface area contributed by atoms with Crippen molar-refractivity contribution in [2.45, 2.75) is 32.7 Å². The molecule has 130 valence electrons. The minimum Gasteiger partial charge on any atom is -0.345 e. The fraction of sp³-hybridized carbons (Fsp3) is 0.278. The largest absolute Gasteiger partial charge is 0.345 e. The number of benzene rings is 1. The normalized spacial score (nSPS) is 12.5. The molecule has 1 unspecified atom stereocenters. The van der Waals surface area contributed by atoms with E-state index in [4.69, 9.17) is 0 Å². The Balaban J connectivity index is 1.95. The number of alkyl halides is 2. The number of amides is 1. The molecule has 5 nitrogen and oxygen atoms in total. The van der Waals surface area contributed by atoms with Crippen molar-refractivity contribution in [3.63, 3.8) is 0 Å². The van der Waals surface area contributed by atoms with Crippen LogP contribution in [0.15, 0.2) is 42.6 Å². The summed E-state index contributed by atoms with van der Waals surface area (Å²) in [6.07, 6.45) is -0.725. The molecular weight excluding hydrogens is 326 g/mol. The molecule has 25 heavy (non-hydrogen) atoms. The van der Waals surface area contributed by atoms with Crippen LogP contribution < -0.4 is 5.32 Å². The molecule has 1 atom stereocenters. The van der Waals surface area contributed by atoms with Crippen LogP contribution in [0.5, 0.6) is 0 Å². The lowest BCUT2D eigenvalue weighted by Gasteiger charge is -2.17. The maximum Gasteiger partial charge on any atom is 0.280 e. The molecule has 1 amide bonds. The summed E-state index contributed by atoms with van der Waals surface area (Å²) in [6, 6.07) is 10.7. The number of rotatable bonds is 5. The molecule has 0 saturated heterocycles. The number of halogens is 2. The molecule has 0 aliphatic heterocycles. The Kier molecular flexibility index (Phi) is 4.74. The van der Waals surface area contributed by atoms with Gasteiger partial charge in [0.15, 0.2) is 5.65 Å². The van der Waals surface area contributed by atoms with E-state index in [-0.39, 0.29) is 28.9 Å². The molecule has 0 spiro atoms. The molecule has 0 fully saturated rings. The van der Waals surface area contributed by atoms with Crippen LogP contribution in [0.3, 0.4) is 0 Å². The molecule has 0 aliphatic rings. The zero-order valence-corrected chi connectivity index (χ0v) is 13.9. The standard InChI is InChI=1S/C18H18F2N4O/c1-3-14(12-7-5-4-6-8-12)23-18(25)13-10-21-24-15(16(19)20)9-11(2)22-17(13)24/h4-10,14,16H,3H2,1-2H3,(H,23,25). The van der Waals surface area contributed by atoms with Gasteiger partial charge in [-0.3, -0.25) is 4.79 Å². The zero-order chi connectivity index (χ0) is 18.0. The van der Waals surface area contributed by atoms with Gasteiger partial charge in [-0.05, 0) is 25.0 Å². The molecule has 1 aromatic carbocycles. The molecule has 2 heterocycles. The Bertz CT molecular complexity index is 893. The van der Waals surface area contributed by atoms with Crippen molar-refractivity contribution in [2.75, 3.05) is 0 Å². The highest BCUT2D eigenvalue weighted by atomic mass is 19.3. The molecule has 7 heteroatoms. The van der Waals surface area contributed by atoms with E-state index in [1.54, 1.807) is 6.92 Å². The number of fused-ring (bicyclic) bond motifs is 1. The van der Waals surface area contributed by atoms with E-state index in [0.717, 1.165) is 10.1 Å². The Morgan fingerprint density at radius 3 is 2.64 bits per heavy atom. The molecule has 0 aliphatic carbocycles. The first kappa shape index (κ1) is 17.0. The van der Waals surface area contributed by atoms with Crippen molar-refractivity contribution in [1.82, 2.24) is 19.9 Å². The molecule has 0 saturated carbocycles. The first-order chi connectivity index (χ1) is 12.0. The smallest absolute Gasteiger partial charge is 0.280 e. The van der Waals surface area contributed by atoms with Crippen molar-refractivity contribution in [1.29, 1.82) is 0 Å². The third kappa shape index (κ3) is 3.35. The summed E-state index contributed by atoms with van der Waals surface area (Å²) in [6.45, 7) is 3.57. The Morgan fingerprint density at radius 1 is 1.28 bits per heavy atom. The van der Waals surface area contributed by atoms with Crippen molar-refractivity contribution in [2.24, 2.45) is 0 Å². The van der Waals surface area contributed by atoms with Crippen LogP contribution >= 0.6 is 0 Å². The van der Waals surface area contributed by atoms with Gasteiger partial charge in [0.1, 0.15) is 11.3 Å². The van der Waals surface area contributed by atoms with Crippen molar-refractivity contribution in [3.8, 4) is 0 Å². The van der Waals surface area contributed by atoms with E-state index in [9.17, 15) is 13.6 Å². The number of aryl methyl sites for hydroxylation is 1. The van der Waals surface area contributed by atoms with Crippen LogP contribution in [-0.2, 0) is 0 Å². The number of carbonyl (C=O) groups excluding carboxylic acids is 1. The van der Waals surface area contributed by atoms with Crippen LogP contribution in [0.2, 0.25) is 0 Å². The minimum atomic E-state index is -2.70. The average molecular weight is 344 g/mol. The van der Waals surface area contributed by atoms with Crippen molar-refractivity contribution >= 4 is 11.6 Å². The van der Waals surface area contributed by atoms with Crippen LogP contribution in [0.1, 0.15) is 53.1 Å². The van der Waals surface area contributed by atoms with Gasteiger partial charge < -0.3 is 5.32 Å². The summed E-state index contributed by atoms with van der Waals surface area (Å²) in [5.41, 5.74) is 1.42. The highest BCUT2D eigenvalue weighted by Crippen LogP contribution is 2.22. The van der Waals surface area contributed by atoms with Crippen LogP contribution in [0.4, 0.5) is 8.78 Å². The topological polar surface area (TPSA) is 59.3 Å². The molecule has 0 bridgehead atoms. The van der Waals surface area contributed by atoms with Crippen LogP contribution in [-0.4, -0.2) is 20.5 Å². The lowest BCUT2D eigenvalue weighted by molar-refractivity contribution is 0.0936. The molecule has 3 rings (SSSR count). The quantitative estimate of drug-likeness (QED) is 0.765. The maximum absolute atomic E-state index is 13.2. The van der Waals surface area contributed by atoms with Crippen molar-refractivity contribution in [3.05, 3.63) is 65.1 Å². The Hall–Kier alpha value is -2.83. The van der Waals surface area contributed by atoms with E-state index in [1.165, 1.54) is 12.3 Å². The predicted molar refractivity (Wildman–Crippen MR) is 89.6 cm³/mol. The van der Waals surface area contributed by atoms with Gasteiger partial charge in [-0.25, -0.2) is 18.3 Å². The van der Waals surface area contributed by atoms with E-state index in [1.807, 2.05) is 37.3 Å². The first-order valence-corrected chi connectivity index (χ1v) is 8.00. The van der Waals surface area contributed by atoms with E-state index in [0.29, 0.717) is 12.1 Å². The first-order valence-electron chi connectivity index (χ1n) is 8.00. The lowest BCUT2D eigenvalue weighted by Crippen LogP contribution is -2.28. The Labute approximate surface area is 143 Å². The lowest BCUT2D eigenvalue weighted by atomic mass is 10.0. The summed E-state index contributed by atoms with van der Waals surface area (Å²) < 4.78 is 27.4. The van der Waals surface area contributed by atoms with E-state index >= 15 is 0 Å². The second-order valence-corrected chi connectivity index (χ2v) is 5.76. The van der Waals surface area contributed by atoms with Gasteiger partial charge in [0.25, 0.3) is 12.3 Å². The zero-order valence-electron chi connectivity index (χ0n) is 13.9. The van der Waals surface area contributed by atoms with E-state index in [2.05, 4.69) is 15.4 Å². The molecule has 0 radical (unpaired) electrons. The molecule has 3 aromatic rings. The summed E-state index contributed by atoms with van der Waals surface area (Å²) >= 11 is 0. The number of carbonyl (C=O) groups is 1. The number of nitrogens with one attached hydrogen (secondary N) is 1. The molecule has 2 aromatic heterocycles. The second kappa shape index (κ2) is 6.96. The van der Waals surface area contributed by atoms with Gasteiger partial charge >= 0.3 is 0 Å². The minimum absolute atomic E-state index is 0.135. The number of nitrogens with zero attached hydrogens (tertiary/aromatic N) is 3. The molecular formula is C18H18F2N4O. The summed E-state index contributed by atoms with van der Waals surface area (Å²) in [5, 5.41) is 6.85. The maximum atomic E-state index is 13.2. The van der Waals surface area contributed by atoms with Gasteiger partial charge in [0.05, 0.1) is 12.2 Å². The predicted octanol–water partition coefficient (Wildman–Crippen LogP) is 3.86. The summed E-state index contributed by atoms with van der Waals surface area (Å²) in [5.74, 6) is -0.385. The SMILES string of the molecule is CCC(NC(=O)c1cnn2c(C(F)F)cc(C)nc12)c1ccccc1. The Morgan fingerprint density at radius 2 is 2.00 bits per heavy atom. The highest BCUT2D eigenvalue weighted by molar-refractivity contribution is 5.99. The average Bonchev–Trinajstić information content (AvgIpc) is 3.03. The fourth-order valence-electron chi connectivity index (χ4n) is 2.77. The number of hydrogen-bond donors (Lipinski definition) is 1. The summed E-state index contributed by atoms with van der Waals surface area (Å²) in [7, 11) is 0. The van der Waals surface area contributed by atoms with Gasteiger partial charge in [0, 0.05) is 5.69 Å². The van der Waals surface area contributed by atoms with Gasteiger partial charge in [0.2, 0.25) is 0 Å². The summed E-state index contributed by atoms with van der Waals surface area (Å²) in [4.78, 5) is 16.9.